The highest BCUT2D eigenvalue weighted by molar-refractivity contribution is 7.09. The van der Waals surface area contributed by atoms with Gasteiger partial charge in [0, 0.05) is 84.3 Å². The van der Waals surface area contributed by atoms with Crippen molar-refractivity contribution in [3.05, 3.63) is 72.9 Å². The number of methoxy groups -OCH3 is 2. The number of hydrogen-bond acceptors (Lipinski definition) is 10. The third kappa shape index (κ3) is 8.73. The first kappa shape index (κ1) is 38.3. The SMILES string of the molecule is CCN(CC)CC1(CN2CCN(C(=O)CC3=C(C(=O)OC)C(c4c(Cl)cccc4Cl)C(C(=O)OC)=C(CCc4nccs4)N3)CC2)CCCC1. The van der Waals surface area contributed by atoms with Crippen molar-refractivity contribution in [1.82, 2.24) is 25.0 Å². The zero-order valence-corrected chi connectivity index (χ0v) is 31.9. The number of esters is 2. The molecule has 50 heavy (non-hydrogen) atoms. The number of dihydropyridines is 1. The summed E-state index contributed by atoms with van der Waals surface area (Å²) in [4.78, 5) is 52.7. The van der Waals surface area contributed by atoms with Crippen molar-refractivity contribution in [2.24, 2.45) is 5.41 Å². The van der Waals surface area contributed by atoms with E-state index in [-0.39, 0.29) is 33.5 Å². The maximum absolute atomic E-state index is 14.1. The van der Waals surface area contributed by atoms with Crippen LogP contribution >= 0.6 is 34.5 Å². The summed E-state index contributed by atoms with van der Waals surface area (Å²) in [5.41, 5.74) is 1.84. The highest BCUT2D eigenvalue weighted by atomic mass is 35.5. The molecule has 1 saturated heterocycles. The van der Waals surface area contributed by atoms with Crippen molar-refractivity contribution in [3.63, 3.8) is 0 Å². The van der Waals surface area contributed by atoms with Crippen molar-refractivity contribution < 1.29 is 23.9 Å². The Morgan fingerprint density at radius 3 is 2.14 bits per heavy atom. The number of aromatic nitrogens is 1. The fourth-order valence-corrected chi connectivity index (χ4v) is 9.07. The normalized spacial score (nSPS) is 19.6. The zero-order chi connectivity index (χ0) is 35.8. The Morgan fingerprint density at radius 2 is 1.58 bits per heavy atom. The Morgan fingerprint density at radius 1 is 0.960 bits per heavy atom. The number of carbonyl (C=O) groups excluding carboxylic acids is 3. The minimum Gasteiger partial charge on any atom is -0.466 e. The first-order chi connectivity index (χ1) is 24.1. The highest BCUT2D eigenvalue weighted by Crippen LogP contribution is 2.46. The van der Waals surface area contributed by atoms with Gasteiger partial charge in [-0.25, -0.2) is 14.6 Å². The first-order valence-electron chi connectivity index (χ1n) is 17.6. The molecule has 1 aromatic heterocycles. The molecule has 0 radical (unpaired) electrons. The monoisotopic (exact) mass is 745 g/mol. The molecule has 0 spiro atoms. The lowest BCUT2D eigenvalue weighted by molar-refractivity contribution is -0.137. The van der Waals surface area contributed by atoms with Crippen molar-refractivity contribution in [2.75, 3.05) is 66.6 Å². The van der Waals surface area contributed by atoms with Crippen LogP contribution in [-0.4, -0.2) is 104 Å². The maximum Gasteiger partial charge on any atom is 0.336 e. The number of piperazine rings is 1. The number of aryl methyl sites for hydroxylation is 1. The Labute approximate surface area is 309 Å². The second kappa shape index (κ2) is 17.5. The van der Waals surface area contributed by atoms with Gasteiger partial charge in [0.05, 0.1) is 42.7 Å². The molecule has 2 aromatic rings. The summed E-state index contributed by atoms with van der Waals surface area (Å²) < 4.78 is 10.6. The smallest absolute Gasteiger partial charge is 0.336 e. The van der Waals surface area contributed by atoms with Gasteiger partial charge in [0.15, 0.2) is 0 Å². The number of rotatable bonds is 14. The van der Waals surface area contributed by atoms with Gasteiger partial charge in [0.25, 0.3) is 0 Å². The van der Waals surface area contributed by atoms with Crippen LogP contribution in [0.15, 0.2) is 52.3 Å². The van der Waals surface area contributed by atoms with Crippen LogP contribution < -0.4 is 5.32 Å². The van der Waals surface area contributed by atoms with Gasteiger partial charge >= 0.3 is 11.9 Å². The van der Waals surface area contributed by atoms with E-state index in [1.54, 1.807) is 24.4 Å². The van der Waals surface area contributed by atoms with Crippen molar-refractivity contribution >= 4 is 52.4 Å². The number of benzene rings is 1. The molecule has 2 fully saturated rings. The van der Waals surface area contributed by atoms with E-state index in [9.17, 15) is 14.4 Å². The number of allylic oxidation sites excluding steroid dienone is 1. The molecular formula is C37H49Cl2N5O5S. The van der Waals surface area contributed by atoms with Crippen molar-refractivity contribution in [2.45, 2.75) is 64.7 Å². The fourth-order valence-electron chi connectivity index (χ4n) is 7.84. The van der Waals surface area contributed by atoms with Crippen LogP contribution in [-0.2, 0) is 30.3 Å². The molecule has 3 aliphatic rings. The third-order valence-electron chi connectivity index (χ3n) is 10.4. The van der Waals surface area contributed by atoms with Crippen LogP contribution in [0.2, 0.25) is 10.0 Å². The van der Waals surface area contributed by atoms with Gasteiger partial charge in [0.1, 0.15) is 0 Å². The molecule has 1 amide bonds. The summed E-state index contributed by atoms with van der Waals surface area (Å²) in [6, 6.07) is 5.02. The lowest BCUT2D eigenvalue weighted by Gasteiger charge is -2.42. The maximum atomic E-state index is 14.1. The summed E-state index contributed by atoms with van der Waals surface area (Å²) in [5, 5.41) is 6.65. The molecule has 5 rings (SSSR count). The molecule has 0 bridgehead atoms. The molecule has 272 valence electrons. The number of thiazole rings is 1. The number of carbonyl (C=O) groups is 3. The molecule has 1 N–H and O–H groups in total. The number of amides is 1. The number of halogens is 2. The molecule has 10 nitrogen and oxygen atoms in total. The van der Waals surface area contributed by atoms with Crippen LogP contribution in [0.4, 0.5) is 0 Å². The Hall–Kier alpha value is -2.96. The van der Waals surface area contributed by atoms with Gasteiger partial charge in [-0.2, -0.15) is 0 Å². The molecule has 1 atom stereocenters. The molecule has 13 heteroatoms. The minimum atomic E-state index is -1.03. The highest BCUT2D eigenvalue weighted by Gasteiger charge is 2.42. The molecule has 1 unspecified atom stereocenters. The Kier molecular flexibility index (Phi) is 13.4. The van der Waals surface area contributed by atoms with Gasteiger partial charge < -0.3 is 24.6 Å². The molecule has 1 aromatic carbocycles. The minimum absolute atomic E-state index is 0.0931. The predicted molar refractivity (Wildman–Crippen MR) is 197 cm³/mol. The van der Waals surface area contributed by atoms with E-state index in [4.69, 9.17) is 32.7 Å². The van der Waals surface area contributed by atoms with E-state index in [0.29, 0.717) is 48.3 Å². The summed E-state index contributed by atoms with van der Waals surface area (Å²) >= 11 is 15.0. The van der Waals surface area contributed by atoms with Crippen LogP contribution in [0.5, 0.6) is 0 Å². The van der Waals surface area contributed by atoms with Crippen molar-refractivity contribution in [3.8, 4) is 0 Å². The first-order valence-corrected chi connectivity index (χ1v) is 19.2. The summed E-state index contributed by atoms with van der Waals surface area (Å²) in [5.74, 6) is -2.48. The van der Waals surface area contributed by atoms with E-state index in [2.05, 4.69) is 33.9 Å². The second-order valence-corrected chi connectivity index (χ2v) is 15.2. The van der Waals surface area contributed by atoms with Crippen LogP contribution in [0.25, 0.3) is 0 Å². The molecule has 2 aliphatic heterocycles. The topological polar surface area (TPSA) is 104 Å². The molecule has 1 aliphatic carbocycles. The fraction of sp³-hybridized carbons (Fsp3) is 0.568. The number of nitrogens with one attached hydrogen (secondary N) is 1. The average molecular weight is 747 g/mol. The van der Waals surface area contributed by atoms with E-state index >= 15 is 0 Å². The zero-order valence-electron chi connectivity index (χ0n) is 29.6. The van der Waals surface area contributed by atoms with Crippen molar-refractivity contribution in [1.29, 1.82) is 0 Å². The van der Waals surface area contributed by atoms with E-state index < -0.39 is 17.9 Å². The van der Waals surface area contributed by atoms with Gasteiger partial charge in [-0.15, -0.1) is 11.3 Å². The second-order valence-electron chi connectivity index (χ2n) is 13.4. The van der Waals surface area contributed by atoms with Gasteiger partial charge in [-0.3, -0.25) is 9.69 Å². The van der Waals surface area contributed by atoms with Crippen LogP contribution in [0.3, 0.4) is 0 Å². The molecule has 1 saturated carbocycles. The van der Waals surface area contributed by atoms with E-state index in [0.717, 1.165) is 44.3 Å². The predicted octanol–water partition coefficient (Wildman–Crippen LogP) is 6.06. The quantitative estimate of drug-likeness (QED) is 0.231. The molecular weight excluding hydrogens is 697 g/mol. The Bertz CT molecular complexity index is 1560. The number of hydrogen-bond donors (Lipinski definition) is 1. The lowest BCUT2D eigenvalue weighted by atomic mass is 9.78. The average Bonchev–Trinajstić information content (AvgIpc) is 3.82. The summed E-state index contributed by atoms with van der Waals surface area (Å²) in [6.07, 6.45) is 7.60. The van der Waals surface area contributed by atoms with Crippen LogP contribution in [0.1, 0.15) is 68.9 Å². The lowest BCUT2D eigenvalue weighted by Crippen LogP contribution is -2.53. The third-order valence-corrected chi connectivity index (χ3v) is 11.9. The van der Waals surface area contributed by atoms with Gasteiger partial charge in [0.2, 0.25) is 5.91 Å². The number of ether oxygens (including phenoxy) is 2. The van der Waals surface area contributed by atoms with E-state index in [1.807, 2.05) is 10.3 Å². The Balaban J connectivity index is 1.42. The number of nitrogens with zero attached hydrogens (tertiary/aromatic N) is 4. The summed E-state index contributed by atoms with van der Waals surface area (Å²) in [6.45, 7) is 11.6. The summed E-state index contributed by atoms with van der Waals surface area (Å²) in [7, 11) is 2.56. The largest absolute Gasteiger partial charge is 0.466 e. The standard InChI is InChI=1S/C37H49Cl2N5O5S/c1-5-42(6-2)23-37(14-7-8-15-37)24-43-17-19-44(20-18-43)30(45)22-28-33(36(47)49-4)34(31-25(38)10-9-11-26(31)39)32(35(46)48-3)27(41-28)12-13-29-40-16-21-50-29/h9-11,16,21,34,41H,5-8,12-15,17-20,22-24H2,1-4H3. The van der Waals surface area contributed by atoms with Gasteiger partial charge in [-0.1, -0.05) is 56.0 Å². The van der Waals surface area contributed by atoms with Gasteiger partial charge in [-0.05, 0) is 49.9 Å². The van der Waals surface area contributed by atoms with E-state index in [1.165, 1.54) is 51.2 Å². The van der Waals surface area contributed by atoms with Crippen LogP contribution in [0, 0.1) is 5.41 Å². The molecule has 3 heterocycles.